The van der Waals surface area contributed by atoms with Crippen molar-refractivity contribution in [2.75, 3.05) is 13.1 Å². The summed E-state index contributed by atoms with van der Waals surface area (Å²) in [4.78, 5) is 14.8. The van der Waals surface area contributed by atoms with Crippen LogP contribution in [0.15, 0.2) is 18.5 Å². The number of carbonyl (C=O) groups is 1. The van der Waals surface area contributed by atoms with Gasteiger partial charge in [-0.25, -0.2) is 0 Å². The SMILES string of the molecule is N#CC1(C(=O)N2CCCC(n3cccn3)C2)CCCCC1. The Morgan fingerprint density at radius 2 is 2.10 bits per heavy atom. The van der Waals surface area contributed by atoms with Gasteiger partial charge >= 0.3 is 0 Å². The average Bonchev–Trinajstić information content (AvgIpc) is 3.09. The molecule has 1 saturated carbocycles. The predicted octanol–water partition coefficient (Wildman–Crippen LogP) is 2.52. The van der Waals surface area contributed by atoms with Crippen LogP contribution in [0.1, 0.15) is 51.0 Å². The van der Waals surface area contributed by atoms with E-state index in [-0.39, 0.29) is 11.9 Å². The topological polar surface area (TPSA) is 61.9 Å². The molecule has 0 aromatic carbocycles. The first-order valence-corrected chi connectivity index (χ1v) is 7.95. The second-order valence-corrected chi connectivity index (χ2v) is 6.29. The van der Waals surface area contributed by atoms with Crippen LogP contribution in [0.5, 0.6) is 0 Å². The molecule has 112 valence electrons. The van der Waals surface area contributed by atoms with Gasteiger partial charge in [0.15, 0.2) is 0 Å². The Balaban J connectivity index is 1.73. The molecular weight excluding hydrogens is 264 g/mol. The van der Waals surface area contributed by atoms with Crippen LogP contribution in [0.3, 0.4) is 0 Å². The predicted molar refractivity (Wildman–Crippen MR) is 78.2 cm³/mol. The Morgan fingerprint density at radius 1 is 1.29 bits per heavy atom. The van der Waals surface area contributed by atoms with Crippen LogP contribution in [0.4, 0.5) is 0 Å². The van der Waals surface area contributed by atoms with Crippen LogP contribution in [0, 0.1) is 16.7 Å². The van der Waals surface area contributed by atoms with E-state index >= 15 is 0 Å². The Morgan fingerprint density at radius 3 is 2.76 bits per heavy atom. The van der Waals surface area contributed by atoms with E-state index in [4.69, 9.17) is 0 Å². The van der Waals surface area contributed by atoms with Gasteiger partial charge in [-0.3, -0.25) is 9.48 Å². The highest BCUT2D eigenvalue weighted by Gasteiger charge is 2.43. The van der Waals surface area contributed by atoms with Gasteiger partial charge < -0.3 is 4.90 Å². The summed E-state index contributed by atoms with van der Waals surface area (Å²) in [5.74, 6) is 0.0570. The van der Waals surface area contributed by atoms with Crippen molar-refractivity contribution in [1.29, 1.82) is 5.26 Å². The second-order valence-electron chi connectivity index (χ2n) is 6.29. The fourth-order valence-electron chi connectivity index (χ4n) is 3.68. The van der Waals surface area contributed by atoms with Crippen LogP contribution < -0.4 is 0 Å². The quantitative estimate of drug-likeness (QED) is 0.839. The Kier molecular flexibility index (Phi) is 3.96. The number of piperidine rings is 1. The third-order valence-electron chi connectivity index (χ3n) is 4.91. The molecule has 1 aromatic heterocycles. The van der Waals surface area contributed by atoms with E-state index in [0.717, 1.165) is 51.5 Å². The average molecular weight is 286 g/mol. The fraction of sp³-hybridized carbons (Fsp3) is 0.688. The van der Waals surface area contributed by atoms with Gasteiger partial charge in [0, 0.05) is 25.5 Å². The highest BCUT2D eigenvalue weighted by atomic mass is 16.2. The number of rotatable bonds is 2. The minimum Gasteiger partial charge on any atom is -0.339 e. The molecule has 1 saturated heterocycles. The Hall–Kier alpha value is -1.83. The van der Waals surface area contributed by atoms with Gasteiger partial charge in [-0.1, -0.05) is 19.3 Å². The van der Waals surface area contributed by atoms with Crippen molar-refractivity contribution in [3.05, 3.63) is 18.5 Å². The minimum absolute atomic E-state index is 0.0570. The summed E-state index contributed by atoms with van der Waals surface area (Å²) >= 11 is 0. The van der Waals surface area contributed by atoms with Crippen molar-refractivity contribution in [2.45, 2.75) is 51.0 Å². The number of nitriles is 1. The van der Waals surface area contributed by atoms with Crippen molar-refractivity contribution < 1.29 is 4.79 Å². The smallest absolute Gasteiger partial charge is 0.243 e. The molecule has 1 atom stereocenters. The fourth-order valence-corrected chi connectivity index (χ4v) is 3.68. The maximum atomic E-state index is 12.9. The molecule has 1 aliphatic carbocycles. The van der Waals surface area contributed by atoms with Crippen molar-refractivity contribution in [2.24, 2.45) is 5.41 Å². The van der Waals surface area contributed by atoms with Gasteiger partial charge in [0.25, 0.3) is 0 Å². The maximum absolute atomic E-state index is 12.9. The largest absolute Gasteiger partial charge is 0.339 e. The van der Waals surface area contributed by atoms with Crippen molar-refractivity contribution in [1.82, 2.24) is 14.7 Å². The minimum atomic E-state index is -0.760. The molecule has 2 fully saturated rings. The lowest BCUT2D eigenvalue weighted by Crippen LogP contribution is -2.48. The molecule has 2 aliphatic rings. The van der Waals surface area contributed by atoms with Gasteiger partial charge in [0.1, 0.15) is 5.41 Å². The first-order valence-electron chi connectivity index (χ1n) is 7.95. The summed E-state index contributed by atoms with van der Waals surface area (Å²) in [6, 6.07) is 4.51. The number of amides is 1. The molecule has 0 bridgehead atoms. The number of likely N-dealkylation sites (tertiary alicyclic amines) is 1. The highest BCUT2D eigenvalue weighted by Crippen LogP contribution is 2.38. The van der Waals surface area contributed by atoms with Gasteiger partial charge in [-0.15, -0.1) is 0 Å². The summed E-state index contributed by atoms with van der Waals surface area (Å²) in [5.41, 5.74) is -0.760. The lowest BCUT2D eigenvalue weighted by Gasteiger charge is -2.39. The first kappa shape index (κ1) is 14.1. The molecule has 5 nitrogen and oxygen atoms in total. The van der Waals surface area contributed by atoms with Crippen LogP contribution >= 0.6 is 0 Å². The van der Waals surface area contributed by atoms with Gasteiger partial charge in [0.05, 0.1) is 12.1 Å². The summed E-state index contributed by atoms with van der Waals surface area (Å²) in [6.07, 6.45) is 10.4. The van der Waals surface area contributed by atoms with Crippen LogP contribution in [0.2, 0.25) is 0 Å². The highest BCUT2D eigenvalue weighted by molar-refractivity contribution is 5.85. The number of carbonyl (C=O) groups excluding carboxylic acids is 1. The number of nitrogens with zero attached hydrogens (tertiary/aromatic N) is 4. The summed E-state index contributed by atoms with van der Waals surface area (Å²) in [6.45, 7) is 1.46. The van der Waals surface area contributed by atoms with E-state index < -0.39 is 5.41 Å². The van der Waals surface area contributed by atoms with Crippen LogP contribution in [0.25, 0.3) is 0 Å². The van der Waals surface area contributed by atoms with E-state index in [2.05, 4.69) is 11.2 Å². The van der Waals surface area contributed by atoms with Gasteiger partial charge in [-0.05, 0) is 31.7 Å². The van der Waals surface area contributed by atoms with E-state index in [1.165, 1.54) is 0 Å². The number of hydrogen-bond acceptors (Lipinski definition) is 3. The lowest BCUT2D eigenvalue weighted by atomic mass is 9.74. The molecule has 1 aromatic rings. The standard InChI is InChI=1S/C16H22N4O/c17-13-16(7-2-1-3-8-16)15(21)19-10-4-6-14(12-19)20-11-5-9-18-20/h5,9,11,14H,1-4,6-8,10,12H2. The molecule has 1 aliphatic heterocycles. The summed E-state index contributed by atoms with van der Waals surface area (Å²) < 4.78 is 1.94. The normalized spacial score (nSPS) is 25.3. The molecule has 2 heterocycles. The van der Waals surface area contributed by atoms with Crippen molar-refractivity contribution >= 4 is 5.91 Å². The molecule has 5 heteroatoms. The zero-order chi connectivity index (χ0) is 14.7. The monoisotopic (exact) mass is 286 g/mol. The molecule has 21 heavy (non-hydrogen) atoms. The van der Waals surface area contributed by atoms with Crippen molar-refractivity contribution in [3.63, 3.8) is 0 Å². The second kappa shape index (κ2) is 5.88. The Bertz CT molecular complexity index is 525. The van der Waals surface area contributed by atoms with E-state index in [0.29, 0.717) is 6.54 Å². The van der Waals surface area contributed by atoms with Gasteiger partial charge in [0.2, 0.25) is 5.91 Å². The maximum Gasteiger partial charge on any atom is 0.243 e. The molecule has 1 amide bonds. The third-order valence-corrected chi connectivity index (χ3v) is 4.91. The molecule has 1 unspecified atom stereocenters. The van der Waals surface area contributed by atoms with Crippen LogP contribution in [-0.4, -0.2) is 33.7 Å². The van der Waals surface area contributed by atoms with E-state index in [9.17, 15) is 10.1 Å². The van der Waals surface area contributed by atoms with Crippen LogP contribution in [-0.2, 0) is 4.79 Å². The molecule has 0 spiro atoms. The zero-order valence-electron chi connectivity index (χ0n) is 12.4. The number of hydrogen-bond donors (Lipinski definition) is 0. The molecular formula is C16H22N4O. The van der Waals surface area contributed by atoms with E-state index in [1.807, 2.05) is 21.8 Å². The third kappa shape index (κ3) is 2.67. The Labute approximate surface area is 125 Å². The van der Waals surface area contributed by atoms with Gasteiger partial charge in [-0.2, -0.15) is 10.4 Å². The lowest BCUT2D eigenvalue weighted by molar-refractivity contribution is -0.142. The van der Waals surface area contributed by atoms with Crippen molar-refractivity contribution in [3.8, 4) is 6.07 Å². The molecule has 0 radical (unpaired) electrons. The molecule has 3 rings (SSSR count). The first-order chi connectivity index (χ1) is 10.2. The summed E-state index contributed by atoms with van der Waals surface area (Å²) in [5, 5.41) is 13.9. The van der Waals surface area contributed by atoms with E-state index in [1.54, 1.807) is 6.20 Å². The summed E-state index contributed by atoms with van der Waals surface area (Å²) in [7, 11) is 0. The molecule has 0 N–H and O–H groups in total. The number of aromatic nitrogens is 2. The zero-order valence-corrected chi connectivity index (χ0v) is 12.4.